The monoisotopic (exact) mass is 204 g/mol. The van der Waals surface area contributed by atoms with Gasteiger partial charge in [-0.3, -0.25) is 0 Å². The van der Waals surface area contributed by atoms with Crippen LogP contribution in [-0.4, -0.2) is 31.1 Å². The van der Waals surface area contributed by atoms with Gasteiger partial charge >= 0.3 is 6.16 Å². The van der Waals surface area contributed by atoms with E-state index < -0.39 is 12.3 Å². The molecule has 84 valence electrons. The van der Waals surface area contributed by atoms with Crippen LogP contribution in [0.25, 0.3) is 0 Å². The van der Waals surface area contributed by atoms with Gasteiger partial charge in [0.2, 0.25) is 0 Å². The first-order valence-electron chi connectivity index (χ1n) is 5.09. The number of ether oxygens (including phenoxy) is 2. The fraction of sp³-hybridized carbons (Fsp3) is 0.900. The topological polar surface area (TPSA) is 55.8 Å². The number of carbonyl (C=O) groups excluding carboxylic acids is 1. The third kappa shape index (κ3) is 7.86. The van der Waals surface area contributed by atoms with Crippen molar-refractivity contribution in [2.45, 2.75) is 45.1 Å². The van der Waals surface area contributed by atoms with Gasteiger partial charge in [0.25, 0.3) is 0 Å². The second-order valence-corrected chi connectivity index (χ2v) is 3.27. The Bertz CT molecular complexity index is 147. The number of unbranched alkanes of at least 4 members (excludes halogenated alkanes) is 3. The van der Waals surface area contributed by atoms with E-state index in [4.69, 9.17) is 0 Å². The molecule has 0 saturated carbocycles. The summed E-state index contributed by atoms with van der Waals surface area (Å²) in [7, 11) is 1.25. The Morgan fingerprint density at radius 3 is 2.64 bits per heavy atom. The fourth-order valence-electron chi connectivity index (χ4n) is 1.11. The van der Waals surface area contributed by atoms with Gasteiger partial charge in [-0.2, -0.15) is 0 Å². The zero-order chi connectivity index (χ0) is 10.8. The number of hydrogen-bond donors (Lipinski definition) is 1. The Kier molecular flexibility index (Phi) is 8.33. The number of rotatable bonds is 7. The number of hydrogen-bond acceptors (Lipinski definition) is 4. The van der Waals surface area contributed by atoms with Gasteiger partial charge in [-0.1, -0.05) is 32.6 Å². The minimum atomic E-state index is -0.738. The number of aliphatic hydroxyl groups excluding tert-OH is 1. The quantitative estimate of drug-likeness (QED) is 0.509. The van der Waals surface area contributed by atoms with Crippen molar-refractivity contribution in [3.63, 3.8) is 0 Å². The lowest BCUT2D eigenvalue weighted by Crippen LogP contribution is -2.18. The minimum absolute atomic E-state index is 0.0266. The third-order valence-corrected chi connectivity index (χ3v) is 1.95. The van der Waals surface area contributed by atoms with E-state index in [1.807, 2.05) is 0 Å². The normalized spacial score (nSPS) is 12.2. The lowest BCUT2D eigenvalue weighted by molar-refractivity contribution is 0.0258. The lowest BCUT2D eigenvalue weighted by Gasteiger charge is -2.09. The molecular weight excluding hydrogens is 184 g/mol. The molecule has 4 heteroatoms. The molecule has 0 aliphatic carbocycles. The van der Waals surface area contributed by atoms with Crippen LogP contribution in [0.2, 0.25) is 0 Å². The Balaban J connectivity index is 3.27. The van der Waals surface area contributed by atoms with E-state index in [9.17, 15) is 9.90 Å². The molecule has 0 rings (SSSR count). The van der Waals surface area contributed by atoms with E-state index in [2.05, 4.69) is 16.4 Å². The van der Waals surface area contributed by atoms with E-state index in [1.165, 1.54) is 20.0 Å². The molecule has 0 bridgehead atoms. The van der Waals surface area contributed by atoms with Gasteiger partial charge in [0.05, 0.1) is 13.2 Å². The summed E-state index contributed by atoms with van der Waals surface area (Å²) in [6.45, 7) is 2.16. The number of aliphatic hydroxyl groups is 1. The Morgan fingerprint density at radius 2 is 2.07 bits per heavy atom. The van der Waals surface area contributed by atoms with Crippen molar-refractivity contribution in [3.8, 4) is 0 Å². The molecule has 0 aromatic rings. The third-order valence-electron chi connectivity index (χ3n) is 1.95. The standard InChI is InChI=1S/C10H20O4/c1-3-4-5-6-7-9(11)8-14-10(12)13-2/h9,11H,3-8H2,1-2H3. The smallest absolute Gasteiger partial charge is 0.438 e. The molecule has 0 radical (unpaired) electrons. The van der Waals surface area contributed by atoms with Crippen LogP contribution < -0.4 is 0 Å². The van der Waals surface area contributed by atoms with Crippen LogP contribution in [-0.2, 0) is 9.47 Å². The van der Waals surface area contributed by atoms with E-state index in [-0.39, 0.29) is 6.61 Å². The van der Waals surface area contributed by atoms with E-state index in [0.717, 1.165) is 12.8 Å². The SMILES string of the molecule is CCCCCCC(O)COC(=O)OC. The molecule has 0 aliphatic rings. The fourth-order valence-corrected chi connectivity index (χ4v) is 1.11. The van der Waals surface area contributed by atoms with Crippen molar-refractivity contribution >= 4 is 6.16 Å². The number of carbonyl (C=O) groups is 1. The highest BCUT2D eigenvalue weighted by molar-refractivity contribution is 5.59. The summed E-state index contributed by atoms with van der Waals surface area (Å²) in [6.07, 6.45) is 3.82. The van der Waals surface area contributed by atoms with Crippen LogP contribution in [0, 0.1) is 0 Å². The molecule has 1 N–H and O–H groups in total. The highest BCUT2D eigenvalue weighted by atomic mass is 16.7. The summed E-state index contributed by atoms with van der Waals surface area (Å²) in [4.78, 5) is 10.5. The summed E-state index contributed by atoms with van der Waals surface area (Å²) in [6, 6.07) is 0. The molecule has 0 aromatic heterocycles. The Hall–Kier alpha value is -0.770. The molecule has 0 saturated heterocycles. The van der Waals surface area contributed by atoms with Gasteiger partial charge in [0, 0.05) is 0 Å². The van der Waals surface area contributed by atoms with Crippen molar-refractivity contribution in [1.29, 1.82) is 0 Å². The van der Waals surface area contributed by atoms with Crippen LogP contribution in [0.4, 0.5) is 4.79 Å². The molecule has 1 unspecified atom stereocenters. The van der Waals surface area contributed by atoms with Crippen LogP contribution >= 0.6 is 0 Å². The largest absolute Gasteiger partial charge is 0.508 e. The van der Waals surface area contributed by atoms with E-state index in [1.54, 1.807) is 0 Å². The molecule has 0 fully saturated rings. The lowest BCUT2D eigenvalue weighted by atomic mass is 10.1. The maximum Gasteiger partial charge on any atom is 0.508 e. The molecule has 0 spiro atoms. The van der Waals surface area contributed by atoms with E-state index >= 15 is 0 Å². The molecule has 1 atom stereocenters. The summed E-state index contributed by atoms with van der Waals surface area (Å²) in [5.74, 6) is 0. The molecular formula is C10H20O4. The van der Waals surface area contributed by atoms with Crippen LogP contribution in [0.5, 0.6) is 0 Å². The van der Waals surface area contributed by atoms with Crippen LogP contribution in [0.15, 0.2) is 0 Å². The average Bonchev–Trinajstić information content (AvgIpc) is 2.21. The van der Waals surface area contributed by atoms with E-state index in [0.29, 0.717) is 6.42 Å². The highest BCUT2D eigenvalue weighted by Gasteiger charge is 2.07. The first kappa shape index (κ1) is 13.2. The summed E-state index contributed by atoms with van der Waals surface area (Å²) < 4.78 is 8.87. The average molecular weight is 204 g/mol. The zero-order valence-corrected chi connectivity index (χ0v) is 8.99. The first-order chi connectivity index (χ1) is 6.70. The van der Waals surface area contributed by atoms with Crippen molar-refractivity contribution in [2.75, 3.05) is 13.7 Å². The van der Waals surface area contributed by atoms with Gasteiger partial charge < -0.3 is 14.6 Å². The van der Waals surface area contributed by atoms with Gasteiger partial charge in [-0.15, -0.1) is 0 Å². The minimum Gasteiger partial charge on any atom is -0.438 e. The maximum atomic E-state index is 10.5. The molecule has 0 aromatic carbocycles. The molecule has 4 nitrogen and oxygen atoms in total. The highest BCUT2D eigenvalue weighted by Crippen LogP contribution is 2.05. The predicted molar refractivity (Wildman–Crippen MR) is 53.1 cm³/mol. The van der Waals surface area contributed by atoms with Gasteiger partial charge in [0.15, 0.2) is 0 Å². The maximum absolute atomic E-state index is 10.5. The van der Waals surface area contributed by atoms with Crippen molar-refractivity contribution in [1.82, 2.24) is 0 Å². The van der Waals surface area contributed by atoms with Crippen molar-refractivity contribution in [3.05, 3.63) is 0 Å². The van der Waals surface area contributed by atoms with Crippen LogP contribution in [0.3, 0.4) is 0 Å². The summed E-state index contributed by atoms with van der Waals surface area (Å²) in [5.41, 5.74) is 0. The number of methoxy groups -OCH3 is 1. The Morgan fingerprint density at radius 1 is 1.36 bits per heavy atom. The first-order valence-corrected chi connectivity index (χ1v) is 5.09. The molecule has 14 heavy (non-hydrogen) atoms. The molecule has 0 amide bonds. The van der Waals surface area contributed by atoms with Gasteiger partial charge in [-0.25, -0.2) is 4.79 Å². The van der Waals surface area contributed by atoms with Crippen LogP contribution in [0.1, 0.15) is 39.0 Å². The Labute approximate surface area is 85.2 Å². The van der Waals surface area contributed by atoms with Crippen molar-refractivity contribution in [2.24, 2.45) is 0 Å². The summed E-state index contributed by atoms with van der Waals surface area (Å²) >= 11 is 0. The predicted octanol–water partition coefficient (Wildman–Crippen LogP) is 2.10. The molecule has 0 heterocycles. The summed E-state index contributed by atoms with van der Waals surface area (Å²) in [5, 5.41) is 9.36. The van der Waals surface area contributed by atoms with Crippen molar-refractivity contribution < 1.29 is 19.4 Å². The zero-order valence-electron chi connectivity index (χ0n) is 8.99. The second kappa shape index (κ2) is 8.81. The van der Waals surface area contributed by atoms with Gasteiger partial charge in [0.1, 0.15) is 6.61 Å². The molecule has 0 aliphatic heterocycles. The second-order valence-electron chi connectivity index (χ2n) is 3.27. The van der Waals surface area contributed by atoms with Gasteiger partial charge in [-0.05, 0) is 6.42 Å².